The number of rotatable bonds is 4. The van der Waals surface area contributed by atoms with Crippen LogP contribution in [0.25, 0.3) is 17.4 Å². The van der Waals surface area contributed by atoms with Crippen LogP contribution in [-0.2, 0) is 9.59 Å². The molecule has 2 aromatic rings. The van der Waals surface area contributed by atoms with E-state index in [1.807, 2.05) is 36.4 Å². The Balaban J connectivity index is 1.48. The minimum atomic E-state index is -0.449. The SMILES string of the molecule is O=C(CN1C(=O)S/C(=C\c2ccc(-c3ccccc3)o2)C1=O)N1CCCC1. The molecule has 1 aromatic carbocycles. The fourth-order valence-electron chi connectivity index (χ4n) is 3.16. The molecule has 0 atom stereocenters. The molecule has 0 aliphatic carbocycles. The summed E-state index contributed by atoms with van der Waals surface area (Å²) in [7, 11) is 0. The Morgan fingerprint density at radius 3 is 2.56 bits per heavy atom. The Kier molecular flexibility index (Phi) is 4.85. The molecule has 0 saturated carbocycles. The third kappa shape index (κ3) is 3.68. The average molecular weight is 382 g/mol. The van der Waals surface area contributed by atoms with Crippen LogP contribution in [0.4, 0.5) is 4.79 Å². The topological polar surface area (TPSA) is 70.8 Å². The Hall–Kier alpha value is -2.80. The van der Waals surface area contributed by atoms with Crippen LogP contribution in [0.2, 0.25) is 0 Å². The number of carbonyl (C=O) groups is 3. The van der Waals surface area contributed by atoms with Gasteiger partial charge in [0.05, 0.1) is 4.91 Å². The molecule has 0 spiro atoms. The zero-order valence-corrected chi connectivity index (χ0v) is 15.4. The lowest BCUT2D eigenvalue weighted by molar-refractivity contribution is -0.135. The molecule has 2 fully saturated rings. The third-order valence-corrected chi connectivity index (χ3v) is 5.49. The number of thioether (sulfide) groups is 1. The van der Waals surface area contributed by atoms with E-state index in [1.165, 1.54) is 0 Å². The molecule has 2 saturated heterocycles. The summed E-state index contributed by atoms with van der Waals surface area (Å²) in [5.41, 5.74) is 0.932. The molecule has 0 N–H and O–H groups in total. The Morgan fingerprint density at radius 1 is 1.07 bits per heavy atom. The van der Waals surface area contributed by atoms with E-state index in [9.17, 15) is 14.4 Å². The lowest BCUT2D eigenvalue weighted by Gasteiger charge is -2.18. The van der Waals surface area contributed by atoms with E-state index in [0.29, 0.717) is 24.6 Å². The van der Waals surface area contributed by atoms with E-state index in [-0.39, 0.29) is 17.4 Å². The number of carbonyl (C=O) groups excluding carboxylic acids is 3. The first-order valence-corrected chi connectivity index (χ1v) is 9.62. The first-order valence-electron chi connectivity index (χ1n) is 8.80. The average Bonchev–Trinajstić information content (AvgIpc) is 3.41. The Labute approximate surface area is 160 Å². The lowest BCUT2D eigenvalue weighted by atomic mass is 10.2. The zero-order chi connectivity index (χ0) is 18.8. The smallest absolute Gasteiger partial charge is 0.294 e. The summed E-state index contributed by atoms with van der Waals surface area (Å²) in [4.78, 5) is 40.0. The van der Waals surface area contributed by atoms with Crippen molar-refractivity contribution in [1.29, 1.82) is 0 Å². The van der Waals surface area contributed by atoms with Crippen molar-refractivity contribution in [2.45, 2.75) is 12.8 Å². The molecule has 2 aliphatic rings. The van der Waals surface area contributed by atoms with Crippen LogP contribution in [0.15, 0.2) is 51.8 Å². The molecule has 4 rings (SSSR count). The Morgan fingerprint density at radius 2 is 1.81 bits per heavy atom. The van der Waals surface area contributed by atoms with Crippen LogP contribution in [0.3, 0.4) is 0 Å². The maximum absolute atomic E-state index is 12.6. The molecule has 3 heterocycles. The summed E-state index contributed by atoms with van der Waals surface area (Å²) >= 11 is 0.834. The van der Waals surface area contributed by atoms with Gasteiger partial charge in [0, 0.05) is 24.7 Å². The summed E-state index contributed by atoms with van der Waals surface area (Å²) in [6, 6.07) is 13.2. The predicted molar refractivity (Wildman–Crippen MR) is 103 cm³/mol. The molecule has 3 amide bonds. The number of imide groups is 1. The van der Waals surface area contributed by atoms with E-state index in [1.54, 1.807) is 17.0 Å². The third-order valence-electron chi connectivity index (χ3n) is 4.58. The molecule has 0 unspecified atom stereocenters. The fraction of sp³-hybridized carbons (Fsp3) is 0.250. The van der Waals surface area contributed by atoms with Crippen LogP contribution in [0, 0.1) is 0 Å². The van der Waals surface area contributed by atoms with Crippen LogP contribution in [0.5, 0.6) is 0 Å². The highest BCUT2D eigenvalue weighted by atomic mass is 32.2. The van der Waals surface area contributed by atoms with E-state index in [4.69, 9.17) is 4.42 Å². The minimum Gasteiger partial charge on any atom is -0.457 e. The van der Waals surface area contributed by atoms with Gasteiger partial charge < -0.3 is 9.32 Å². The van der Waals surface area contributed by atoms with Crippen molar-refractivity contribution in [1.82, 2.24) is 9.80 Å². The molecule has 0 radical (unpaired) electrons. The number of furan rings is 1. The highest BCUT2D eigenvalue weighted by molar-refractivity contribution is 8.18. The number of nitrogens with zero attached hydrogens (tertiary/aromatic N) is 2. The molecule has 1 aromatic heterocycles. The minimum absolute atomic E-state index is 0.180. The zero-order valence-electron chi connectivity index (χ0n) is 14.6. The van der Waals surface area contributed by atoms with Gasteiger partial charge in [0.15, 0.2) is 0 Å². The van der Waals surface area contributed by atoms with E-state index < -0.39 is 11.1 Å². The highest BCUT2D eigenvalue weighted by Crippen LogP contribution is 2.33. The first kappa shape index (κ1) is 17.6. The molecule has 6 nitrogen and oxygen atoms in total. The van der Waals surface area contributed by atoms with Gasteiger partial charge in [-0.1, -0.05) is 30.3 Å². The largest absolute Gasteiger partial charge is 0.457 e. The molecule has 138 valence electrons. The van der Waals surface area contributed by atoms with Gasteiger partial charge in [0.1, 0.15) is 18.1 Å². The van der Waals surface area contributed by atoms with Crippen molar-refractivity contribution in [3.63, 3.8) is 0 Å². The summed E-state index contributed by atoms with van der Waals surface area (Å²) in [5.74, 6) is 0.547. The quantitative estimate of drug-likeness (QED) is 0.756. The van der Waals surface area contributed by atoms with Gasteiger partial charge in [-0.15, -0.1) is 0 Å². The maximum atomic E-state index is 12.6. The Bertz CT molecular complexity index is 913. The van der Waals surface area contributed by atoms with Crippen LogP contribution >= 0.6 is 11.8 Å². The summed E-state index contributed by atoms with van der Waals surface area (Å²) in [5, 5.41) is -0.423. The van der Waals surface area contributed by atoms with Crippen molar-refractivity contribution in [2.75, 3.05) is 19.6 Å². The van der Waals surface area contributed by atoms with Gasteiger partial charge in [-0.25, -0.2) is 0 Å². The van der Waals surface area contributed by atoms with Gasteiger partial charge >= 0.3 is 0 Å². The van der Waals surface area contributed by atoms with Gasteiger partial charge in [-0.05, 0) is 36.7 Å². The highest BCUT2D eigenvalue weighted by Gasteiger charge is 2.37. The van der Waals surface area contributed by atoms with E-state index in [0.717, 1.165) is 35.1 Å². The van der Waals surface area contributed by atoms with Crippen molar-refractivity contribution in [3.8, 4) is 11.3 Å². The molecular weight excluding hydrogens is 364 g/mol. The second-order valence-corrected chi connectivity index (χ2v) is 7.42. The number of likely N-dealkylation sites (tertiary alicyclic amines) is 1. The monoisotopic (exact) mass is 382 g/mol. The predicted octanol–water partition coefficient (Wildman–Crippen LogP) is 3.61. The van der Waals surface area contributed by atoms with Gasteiger partial charge in [0.2, 0.25) is 5.91 Å². The van der Waals surface area contributed by atoms with Gasteiger partial charge in [0.25, 0.3) is 11.1 Å². The first-order chi connectivity index (χ1) is 13.1. The molecule has 2 aliphatic heterocycles. The molecular formula is C20H18N2O4S. The van der Waals surface area contributed by atoms with E-state index in [2.05, 4.69) is 0 Å². The van der Waals surface area contributed by atoms with Crippen LogP contribution in [0.1, 0.15) is 18.6 Å². The maximum Gasteiger partial charge on any atom is 0.294 e. The molecule has 7 heteroatoms. The van der Waals surface area contributed by atoms with Gasteiger partial charge in [-0.2, -0.15) is 0 Å². The molecule has 0 bridgehead atoms. The van der Waals surface area contributed by atoms with E-state index >= 15 is 0 Å². The van der Waals surface area contributed by atoms with Crippen molar-refractivity contribution in [3.05, 3.63) is 53.1 Å². The van der Waals surface area contributed by atoms with Crippen molar-refractivity contribution >= 4 is 34.9 Å². The summed E-state index contributed by atoms with van der Waals surface area (Å²) in [6.45, 7) is 1.19. The normalized spacial score (nSPS) is 18.7. The summed E-state index contributed by atoms with van der Waals surface area (Å²) in [6.07, 6.45) is 3.49. The van der Waals surface area contributed by atoms with Crippen LogP contribution < -0.4 is 0 Å². The number of hydrogen-bond donors (Lipinski definition) is 0. The second kappa shape index (κ2) is 7.44. The van der Waals surface area contributed by atoms with Crippen molar-refractivity contribution in [2.24, 2.45) is 0 Å². The standard InChI is InChI=1S/C20H18N2O4S/c23-18(21-10-4-5-11-21)13-22-19(24)17(27-20(22)25)12-15-8-9-16(26-15)14-6-2-1-3-7-14/h1-3,6-9,12H,4-5,10-11,13H2/b17-12-. The molecule has 27 heavy (non-hydrogen) atoms. The number of amides is 3. The lowest BCUT2D eigenvalue weighted by Crippen LogP contribution is -2.40. The number of benzene rings is 1. The number of hydrogen-bond acceptors (Lipinski definition) is 5. The van der Waals surface area contributed by atoms with Crippen molar-refractivity contribution < 1.29 is 18.8 Å². The second-order valence-electron chi connectivity index (χ2n) is 6.42. The van der Waals surface area contributed by atoms with Gasteiger partial charge in [-0.3, -0.25) is 19.3 Å². The fourth-order valence-corrected chi connectivity index (χ4v) is 3.97. The summed E-state index contributed by atoms with van der Waals surface area (Å²) < 4.78 is 5.77. The van der Waals surface area contributed by atoms with Crippen LogP contribution in [-0.4, -0.2) is 46.5 Å².